The van der Waals surface area contributed by atoms with E-state index in [0.29, 0.717) is 17.6 Å². The van der Waals surface area contributed by atoms with E-state index in [-0.39, 0.29) is 24.8 Å². The minimum atomic E-state index is -3.62. The second-order valence-corrected chi connectivity index (χ2v) is 9.11. The summed E-state index contributed by atoms with van der Waals surface area (Å²) in [4.78, 5) is 16.7. The Morgan fingerprint density at radius 2 is 2.00 bits per heavy atom. The van der Waals surface area contributed by atoms with Gasteiger partial charge in [-0.2, -0.15) is 4.98 Å². The van der Waals surface area contributed by atoms with Gasteiger partial charge in [-0.15, -0.1) is 0 Å². The maximum Gasteiger partial charge on any atom is 0.249 e. The van der Waals surface area contributed by atoms with Crippen molar-refractivity contribution in [2.75, 3.05) is 6.54 Å². The zero-order valence-electron chi connectivity index (χ0n) is 16.5. The topological polar surface area (TPSA) is 114 Å². The highest BCUT2D eigenvalue weighted by atomic mass is 32.2. The Hall–Kier alpha value is -2.52. The summed E-state index contributed by atoms with van der Waals surface area (Å²) in [6.45, 7) is 3.89. The Balaban J connectivity index is 1.49. The minimum absolute atomic E-state index is 0.00469. The number of hydrogen-bond donors (Lipinski definition) is 2. The minimum Gasteiger partial charge on any atom is -0.344 e. The summed E-state index contributed by atoms with van der Waals surface area (Å²) in [5, 5.41) is 7.95. The molecular formula is C20H26N4O4S. The predicted octanol–water partition coefficient (Wildman–Crippen LogP) is 2.74. The average Bonchev–Trinajstić information content (AvgIpc) is 3.42. The summed E-state index contributed by atoms with van der Waals surface area (Å²) >= 11 is 0. The van der Waals surface area contributed by atoms with Crippen LogP contribution < -0.4 is 10.0 Å². The highest BCUT2D eigenvalue weighted by molar-refractivity contribution is 7.92. The number of hydrogen-bond acceptors (Lipinski definition) is 6. The Morgan fingerprint density at radius 3 is 2.66 bits per heavy atom. The fourth-order valence-corrected chi connectivity index (χ4v) is 3.55. The highest BCUT2D eigenvalue weighted by Gasteiger charge is 2.31. The van der Waals surface area contributed by atoms with Crippen molar-refractivity contribution in [1.29, 1.82) is 0 Å². The van der Waals surface area contributed by atoms with Gasteiger partial charge in [-0.3, -0.25) is 4.79 Å². The molecule has 0 spiro atoms. The van der Waals surface area contributed by atoms with Crippen LogP contribution in [0.1, 0.15) is 62.3 Å². The molecule has 1 atom stereocenters. The highest BCUT2D eigenvalue weighted by Crippen LogP contribution is 2.38. The lowest BCUT2D eigenvalue weighted by Crippen LogP contribution is -2.34. The molecule has 1 fully saturated rings. The first-order valence-electron chi connectivity index (χ1n) is 9.70. The number of sulfonamides is 1. The quantitative estimate of drug-likeness (QED) is 0.613. The van der Waals surface area contributed by atoms with Gasteiger partial charge in [0.15, 0.2) is 5.82 Å². The number of nitrogens with one attached hydrogen (secondary N) is 2. The Morgan fingerprint density at radius 1 is 1.28 bits per heavy atom. The monoisotopic (exact) mass is 418 g/mol. The van der Waals surface area contributed by atoms with Crippen molar-refractivity contribution < 1.29 is 17.7 Å². The molecule has 156 valence electrons. The van der Waals surface area contributed by atoms with Crippen LogP contribution in [0.15, 0.2) is 40.3 Å². The third kappa shape index (κ3) is 6.50. The molecule has 1 unspecified atom stereocenters. The van der Waals surface area contributed by atoms with E-state index >= 15 is 0 Å². The van der Waals surface area contributed by atoms with Crippen LogP contribution >= 0.6 is 0 Å². The van der Waals surface area contributed by atoms with E-state index in [9.17, 15) is 13.2 Å². The molecule has 0 saturated heterocycles. The van der Waals surface area contributed by atoms with Crippen molar-refractivity contribution in [3.05, 3.63) is 53.0 Å². The van der Waals surface area contributed by atoms with Crippen molar-refractivity contribution in [2.24, 2.45) is 5.92 Å². The van der Waals surface area contributed by atoms with Crippen LogP contribution in [0.5, 0.6) is 0 Å². The summed E-state index contributed by atoms with van der Waals surface area (Å²) in [6.07, 6.45) is 3.64. The largest absolute Gasteiger partial charge is 0.344 e. The Bertz CT molecular complexity index is 950. The van der Waals surface area contributed by atoms with Gasteiger partial charge in [0, 0.05) is 24.3 Å². The molecule has 1 amide bonds. The van der Waals surface area contributed by atoms with Gasteiger partial charge in [-0.05, 0) is 30.4 Å². The third-order valence-electron chi connectivity index (χ3n) is 4.54. The molecule has 9 heteroatoms. The standard InChI is InChI=1S/C20H26N4O4S/c1-14(2)18(20-23-19(24-28-20)16-8-9-16)22-17(25)10-12-21-29(26,27)13-11-15-6-4-3-5-7-15/h3-7,11,13-14,16,18,21H,8-10,12H2,1-2H3,(H,22,25)/b13-11+. The van der Waals surface area contributed by atoms with Crippen LogP contribution in [0, 0.1) is 5.92 Å². The molecule has 1 heterocycles. The molecule has 0 bridgehead atoms. The van der Waals surface area contributed by atoms with Gasteiger partial charge in [-0.1, -0.05) is 49.3 Å². The van der Waals surface area contributed by atoms with Crippen LogP contribution in [0.25, 0.3) is 6.08 Å². The Labute approximate surface area is 170 Å². The Kier molecular flexibility index (Phi) is 6.81. The van der Waals surface area contributed by atoms with Crippen molar-refractivity contribution in [2.45, 2.75) is 45.1 Å². The lowest BCUT2D eigenvalue weighted by atomic mass is 10.0. The molecule has 2 N–H and O–H groups in total. The fraction of sp³-hybridized carbons (Fsp3) is 0.450. The first kappa shape index (κ1) is 21.2. The van der Waals surface area contributed by atoms with Crippen LogP contribution in [0.3, 0.4) is 0 Å². The first-order chi connectivity index (χ1) is 13.8. The summed E-state index contributed by atoms with van der Waals surface area (Å²) in [6, 6.07) is 8.71. The van der Waals surface area contributed by atoms with Crippen molar-refractivity contribution in [3.8, 4) is 0 Å². The van der Waals surface area contributed by atoms with Gasteiger partial charge < -0.3 is 9.84 Å². The maximum atomic E-state index is 12.3. The number of aromatic nitrogens is 2. The van der Waals surface area contributed by atoms with E-state index in [1.807, 2.05) is 32.0 Å². The van der Waals surface area contributed by atoms with Gasteiger partial charge in [0.1, 0.15) is 6.04 Å². The molecule has 8 nitrogen and oxygen atoms in total. The fourth-order valence-electron chi connectivity index (χ4n) is 2.73. The molecular weight excluding hydrogens is 392 g/mol. The maximum absolute atomic E-state index is 12.3. The lowest BCUT2D eigenvalue weighted by molar-refractivity contribution is -0.122. The van der Waals surface area contributed by atoms with E-state index in [1.54, 1.807) is 12.1 Å². The number of rotatable bonds is 10. The summed E-state index contributed by atoms with van der Waals surface area (Å²) in [5.41, 5.74) is 0.778. The van der Waals surface area contributed by atoms with Crippen LogP contribution in [0.2, 0.25) is 0 Å². The SMILES string of the molecule is CC(C)C(NC(=O)CCNS(=O)(=O)/C=C/c1ccccc1)c1nc(C2CC2)no1. The zero-order chi connectivity index (χ0) is 20.9. The number of nitrogens with zero attached hydrogens (tertiary/aromatic N) is 2. The predicted molar refractivity (Wildman–Crippen MR) is 109 cm³/mol. The van der Waals surface area contributed by atoms with Gasteiger partial charge in [0.05, 0.1) is 0 Å². The third-order valence-corrected chi connectivity index (χ3v) is 5.64. The van der Waals surface area contributed by atoms with Crippen molar-refractivity contribution >= 4 is 22.0 Å². The normalized spacial score (nSPS) is 15.7. The van der Waals surface area contributed by atoms with Gasteiger partial charge in [0.2, 0.25) is 21.8 Å². The van der Waals surface area contributed by atoms with Gasteiger partial charge in [0.25, 0.3) is 0 Å². The first-order valence-corrected chi connectivity index (χ1v) is 11.2. The van der Waals surface area contributed by atoms with Gasteiger partial charge in [-0.25, -0.2) is 13.1 Å². The van der Waals surface area contributed by atoms with Crippen LogP contribution in [-0.2, 0) is 14.8 Å². The summed E-state index contributed by atoms with van der Waals surface area (Å²) in [7, 11) is -3.62. The van der Waals surface area contributed by atoms with Crippen molar-refractivity contribution in [3.63, 3.8) is 0 Å². The van der Waals surface area contributed by atoms with Gasteiger partial charge >= 0.3 is 0 Å². The number of amides is 1. The molecule has 0 aliphatic heterocycles. The molecule has 1 aliphatic carbocycles. The molecule has 29 heavy (non-hydrogen) atoms. The zero-order valence-corrected chi connectivity index (χ0v) is 17.4. The van der Waals surface area contributed by atoms with Crippen LogP contribution in [-0.4, -0.2) is 31.0 Å². The molecule has 1 aromatic carbocycles. The second kappa shape index (κ2) is 9.32. The smallest absolute Gasteiger partial charge is 0.249 e. The molecule has 1 aliphatic rings. The van der Waals surface area contributed by atoms with Crippen molar-refractivity contribution in [1.82, 2.24) is 20.2 Å². The molecule has 1 aromatic heterocycles. The van der Waals surface area contributed by atoms with E-state index in [1.165, 1.54) is 6.08 Å². The molecule has 3 rings (SSSR count). The molecule has 2 aromatic rings. The number of carbonyl (C=O) groups is 1. The number of carbonyl (C=O) groups excluding carboxylic acids is 1. The summed E-state index contributed by atoms with van der Waals surface area (Å²) < 4.78 is 31.8. The summed E-state index contributed by atoms with van der Waals surface area (Å²) in [5.74, 6) is 1.22. The number of benzene rings is 1. The lowest BCUT2D eigenvalue weighted by Gasteiger charge is -2.18. The average molecular weight is 419 g/mol. The van der Waals surface area contributed by atoms with E-state index in [4.69, 9.17) is 4.52 Å². The molecule has 0 radical (unpaired) electrons. The molecule has 1 saturated carbocycles. The second-order valence-electron chi connectivity index (χ2n) is 7.46. The van der Waals surface area contributed by atoms with Crippen LogP contribution in [0.4, 0.5) is 0 Å². The van der Waals surface area contributed by atoms with E-state index < -0.39 is 16.1 Å². The van der Waals surface area contributed by atoms with E-state index in [2.05, 4.69) is 20.2 Å². The van der Waals surface area contributed by atoms with E-state index in [0.717, 1.165) is 23.8 Å².